The molecule has 1 aliphatic carbocycles. The number of carbonyl (C=O) groups is 1. The van der Waals surface area contributed by atoms with Gasteiger partial charge < -0.3 is 4.74 Å². The number of amides is 2. The first kappa shape index (κ1) is 18.4. The van der Waals surface area contributed by atoms with E-state index in [-0.39, 0.29) is 16.2 Å². The van der Waals surface area contributed by atoms with Gasteiger partial charge in [-0.25, -0.2) is 18.6 Å². The number of thiazole rings is 1. The highest BCUT2D eigenvalue weighted by molar-refractivity contribution is 7.17. The molecule has 2 amide bonds. The number of benzene rings is 2. The van der Waals surface area contributed by atoms with E-state index in [1.165, 1.54) is 35.6 Å². The molecular weight excluding hydrogens is 384 g/mol. The molecule has 0 saturated heterocycles. The maximum absolute atomic E-state index is 13.7. The number of anilines is 2. The maximum atomic E-state index is 13.7. The van der Waals surface area contributed by atoms with Crippen LogP contribution in [0.5, 0.6) is 10.8 Å². The Morgan fingerprint density at radius 1 is 1.21 bits per heavy atom. The Morgan fingerprint density at radius 2 is 1.93 bits per heavy atom. The van der Waals surface area contributed by atoms with E-state index >= 15 is 0 Å². The van der Waals surface area contributed by atoms with Crippen LogP contribution in [0.1, 0.15) is 24.3 Å². The first-order valence-electron chi connectivity index (χ1n) is 8.73. The zero-order chi connectivity index (χ0) is 19.7. The van der Waals surface area contributed by atoms with E-state index in [0.717, 1.165) is 29.2 Å². The number of halogens is 2. The summed E-state index contributed by atoms with van der Waals surface area (Å²) in [5, 5.41) is 3.10. The average molecular weight is 401 g/mol. The lowest BCUT2D eigenvalue weighted by Crippen LogP contribution is -2.31. The molecule has 4 rings (SSSR count). The molecule has 8 heteroatoms. The summed E-state index contributed by atoms with van der Waals surface area (Å²) in [6.07, 6.45) is 3.67. The lowest BCUT2D eigenvalue weighted by atomic mass is 10.1. The van der Waals surface area contributed by atoms with Gasteiger partial charge in [0.15, 0.2) is 22.5 Å². The van der Waals surface area contributed by atoms with Gasteiger partial charge in [-0.2, -0.15) is 0 Å². The molecule has 0 aliphatic heterocycles. The lowest BCUT2D eigenvalue weighted by molar-refractivity contribution is 0.258. The summed E-state index contributed by atoms with van der Waals surface area (Å²) in [6, 6.07) is 11.0. The van der Waals surface area contributed by atoms with Crippen LogP contribution in [0.25, 0.3) is 0 Å². The summed E-state index contributed by atoms with van der Waals surface area (Å²) in [5.41, 5.74) is 2.01. The number of nitrogens with one attached hydrogen (secondary N) is 1. The van der Waals surface area contributed by atoms with Crippen LogP contribution < -0.4 is 15.0 Å². The summed E-state index contributed by atoms with van der Waals surface area (Å²) in [4.78, 5) is 18.0. The van der Waals surface area contributed by atoms with Crippen LogP contribution in [0.2, 0.25) is 0 Å². The van der Waals surface area contributed by atoms with Crippen LogP contribution in [0.4, 0.5) is 24.4 Å². The second-order valence-corrected chi connectivity index (χ2v) is 7.49. The van der Waals surface area contributed by atoms with Gasteiger partial charge in [-0.15, -0.1) is 0 Å². The molecule has 1 saturated carbocycles. The first-order valence-corrected chi connectivity index (χ1v) is 9.55. The van der Waals surface area contributed by atoms with Crippen LogP contribution in [0.15, 0.2) is 48.7 Å². The Balaban J connectivity index is 1.43. The highest BCUT2D eigenvalue weighted by Gasteiger charge is 2.24. The number of hydrogen-bond acceptors (Lipinski definition) is 4. The van der Waals surface area contributed by atoms with Crippen molar-refractivity contribution < 1.29 is 18.3 Å². The zero-order valence-corrected chi connectivity index (χ0v) is 15.8. The van der Waals surface area contributed by atoms with Gasteiger partial charge in [0.2, 0.25) is 5.06 Å². The standard InChI is InChI=1S/C20H17F2N3O2S/c1-25(14-5-2-4-13(10-14)12-8-9-12)20(26)24-19-23-11-17(28-19)27-18-15(21)6-3-7-16(18)22/h2-7,10-12H,8-9H2,1H3,(H,23,24,26). The fourth-order valence-electron chi connectivity index (χ4n) is 2.74. The number of carbonyl (C=O) groups excluding carboxylic acids is 1. The molecule has 5 nitrogen and oxygen atoms in total. The summed E-state index contributed by atoms with van der Waals surface area (Å²) in [6.45, 7) is 0. The average Bonchev–Trinajstić information content (AvgIpc) is 3.45. The summed E-state index contributed by atoms with van der Waals surface area (Å²) in [7, 11) is 1.67. The molecule has 1 aliphatic rings. The predicted molar refractivity (Wildman–Crippen MR) is 104 cm³/mol. The van der Waals surface area contributed by atoms with E-state index in [1.807, 2.05) is 18.2 Å². The fourth-order valence-corrected chi connectivity index (χ4v) is 3.41. The molecule has 144 valence electrons. The van der Waals surface area contributed by atoms with E-state index in [2.05, 4.69) is 16.4 Å². The summed E-state index contributed by atoms with van der Waals surface area (Å²) in [5.74, 6) is -1.53. The van der Waals surface area contributed by atoms with Crippen LogP contribution in [0, 0.1) is 11.6 Å². The second-order valence-electron chi connectivity index (χ2n) is 6.50. The van der Waals surface area contributed by atoms with Crippen molar-refractivity contribution in [2.75, 3.05) is 17.3 Å². The zero-order valence-electron chi connectivity index (χ0n) is 15.0. The minimum Gasteiger partial charge on any atom is -0.439 e. The largest absolute Gasteiger partial charge is 0.439 e. The van der Waals surface area contributed by atoms with Gasteiger partial charge in [-0.1, -0.05) is 29.5 Å². The highest BCUT2D eigenvalue weighted by atomic mass is 32.1. The number of rotatable bonds is 5. The van der Waals surface area contributed by atoms with Crippen molar-refractivity contribution in [3.05, 3.63) is 65.9 Å². The number of hydrogen-bond donors (Lipinski definition) is 1. The van der Waals surface area contributed by atoms with Gasteiger partial charge in [0.1, 0.15) is 0 Å². The topological polar surface area (TPSA) is 54.5 Å². The van der Waals surface area contributed by atoms with Gasteiger partial charge in [-0.05, 0) is 48.6 Å². The van der Waals surface area contributed by atoms with Crippen LogP contribution >= 0.6 is 11.3 Å². The summed E-state index contributed by atoms with van der Waals surface area (Å²) < 4.78 is 32.6. The van der Waals surface area contributed by atoms with E-state index in [9.17, 15) is 13.6 Å². The van der Waals surface area contributed by atoms with E-state index in [0.29, 0.717) is 5.92 Å². The predicted octanol–water partition coefficient (Wildman–Crippen LogP) is 5.76. The van der Waals surface area contributed by atoms with Gasteiger partial charge in [-0.3, -0.25) is 10.2 Å². The normalized spacial score (nSPS) is 13.2. The van der Waals surface area contributed by atoms with Crippen molar-refractivity contribution in [2.24, 2.45) is 0 Å². The molecule has 0 atom stereocenters. The Bertz CT molecular complexity index is 1000. The Kier molecular flexibility index (Phi) is 4.95. The first-order chi connectivity index (χ1) is 13.5. The lowest BCUT2D eigenvalue weighted by Gasteiger charge is -2.18. The van der Waals surface area contributed by atoms with Gasteiger partial charge in [0.25, 0.3) is 0 Å². The van der Waals surface area contributed by atoms with Crippen molar-refractivity contribution in [2.45, 2.75) is 18.8 Å². The molecule has 0 unspecified atom stereocenters. The fraction of sp³-hybridized carbons (Fsp3) is 0.200. The molecule has 1 N–H and O–H groups in total. The van der Waals surface area contributed by atoms with E-state index in [1.54, 1.807) is 7.05 Å². The molecule has 0 radical (unpaired) electrons. The molecule has 1 heterocycles. The highest BCUT2D eigenvalue weighted by Crippen LogP contribution is 2.41. The third-order valence-corrected chi connectivity index (χ3v) is 5.22. The maximum Gasteiger partial charge on any atom is 0.327 e. The molecule has 1 fully saturated rings. The molecule has 0 spiro atoms. The van der Waals surface area contributed by atoms with Crippen LogP contribution in [-0.4, -0.2) is 18.1 Å². The monoisotopic (exact) mass is 401 g/mol. The van der Waals surface area contributed by atoms with Gasteiger partial charge >= 0.3 is 6.03 Å². The summed E-state index contributed by atoms with van der Waals surface area (Å²) >= 11 is 0.979. The third-order valence-electron chi connectivity index (χ3n) is 4.43. The SMILES string of the molecule is CN(C(=O)Nc1ncc(Oc2c(F)cccc2F)s1)c1cccc(C2CC2)c1. The number of nitrogens with zero attached hydrogens (tertiary/aromatic N) is 2. The van der Waals surface area contributed by atoms with Crippen molar-refractivity contribution in [3.63, 3.8) is 0 Å². The van der Waals surface area contributed by atoms with Crippen LogP contribution in [0.3, 0.4) is 0 Å². The number of ether oxygens (including phenoxy) is 1. The van der Waals surface area contributed by atoms with Crippen molar-refractivity contribution in [1.82, 2.24) is 4.98 Å². The minimum atomic E-state index is -0.811. The Morgan fingerprint density at radius 3 is 2.64 bits per heavy atom. The van der Waals surface area contributed by atoms with Gasteiger partial charge in [0, 0.05) is 12.7 Å². The molecular formula is C20H17F2N3O2S. The molecule has 3 aromatic rings. The van der Waals surface area contributed by atoms with E-state index in [4.69, 9.17) is 4.74 Å². The minimum absolute atomic E-state index is 0.165. The molecule has 28 heavy (non-hydrogen) atoms. The second kappa shape index (κ2) is 7.55. The molecule has 0 bridgehead atoms. The number of para-hydroxylation sites is 1. The Hall–Kier alpha value is -3.00. The van der Waals surface area contributed by atoms with Crippen molar-refractivity contribution >= 4 is 28.2 Å². The molecule has 1 aromatic heterocycles. The number of aromatic nitrogens is 1. The van der Waals surface area contributed by atoms with Gasteiger partial charge in [0.05, 0.1) is 6.20 Å². The van der Waals surface area contributed by atoms with E-state index < -0.39 is 17.4 Å². The third kappa shape index (κ3) is 3.96. The Labute approximate surface area is 164 Å². The smallest absolute Gasteiger partial charge is 0.327 e. The number of urea groups is 1. The van der Waals surface area contributed by atoms with Crippen molar-refractivity contribution in [1.29, 1.82) is 0 Å². The van der Waals surface area contributed by atoms with Crippen molar-refractivity contribution in [3.8, 4) is 10.8 Å². The molecule has 2 aromatic carbocycles. The van der Waals surface area contributed by atoms with Crippen LogP contribution in [-0.2, 0) is 0 Å². The quantitative estimate of drug-likeness (QED) is 0.591.